The molecule has 0 fully saturated rings. The number of nitrogens with one attached hydrogen (secondary N) is 1. The van der Waals surface area contributed by atoms with E-state index in [1.807, 2.05) is 57.4 Å². The Labute approximate surface area is 166 Å². The van der Waals surface area contributed by atoms with E-state index in [-0.39, 0.29) is 5.91 Å². The van der Waals surface area contributed by atoms with Crippen LogP contribution >= 0.6 is 11.8 Å². The van der Waals surface area contributed by atoms with Crippen LogP contribution in [0.5, 0.6) is 0 Å². The van der Waals surface area contributed by atoms with Crippen LogP contribution in [-0.4, -0.2) is 32.9 Å². The Morgan fingerprint density at radius 3 is 2.26 bits per heavy atom. The Morgan fingerprint density at radius 2 is 1.74 bits per heavy atom. The van der Waals surface area contributed by atoms with Gasteiger partial charge in [-0.25, -0.2) is 8.42 Å². The summed E-state index contributed by atoms with van der Waals surface area (Å²) in [5, 5.41) is 2.90. The molecule has 1 amide bonds. The van der Waals surface area contributed by atoms with Crippen LogP contribution in [0.3, 0.4) is 0 Å². The lowest BCUT2D eigenvalue weighted by molar-refractivity contribution is -0.117. The average Bonchev–Trinajstić information content (AvgIpc) is 2.57. The fourth-order valence-electron chi connectivity index (χ4n) is 3.10. The van der Waals surface area contributed by atoms with Gasteiger partial charge >= 0.3 is 0 Å². The molecule has 1 unspecified atom stereocenters. The number of hydrogen-bond acceptors (Lipinski definition) is 4. The van der Waals surface area contributed by atoms with Crippen LogP contribution in [0.15, 0.2) is 47.4 Å². The van der Waals surface area contributed by atoms with Gasteiger partial charge in [0.2, 0.25) is 15.9 Å². The summed E-state index contributed by atoms with van der Waals surface area (Å²) in [4.78, 5) is 13.9. The van der Waals surface area contributed by atoms with Gasteiger partial charge in [0.15, 0.2) is 0 Å². The highest BCUT2D eigenvalue weighted by Gasteiger charge is 2.32. The zero-order valence-electron chi connectivity index (χ0n) is 16.3. The number of benzene rings is 2. The predicted molar refractivity (Wildman–Crippen MR) is 114 cm³/mol. The minimum absolute atomic E-state index is 0.344. The van der Waals surface area contributed by atoms with E-state index in [4.69, 9.17) is 0 Å². The number of hydrogen-bond donors (Lipinski definition) is 1. The highest BCUT2D eigenvalue weighted by atomic mass is 32.2. The van der Waals surface area contributed by atoms with Crippen LogP contribution in [0.4, 0.5) is 11.4 Å². The third-order valence-electron chi connectivity index (χ3n) is 4.16. The molecule has 0 spiro atoms. The first-order valence-corrected chi connectivity index (χ1v) is 11.8. The fraction of sp³-hybridized carbons (Fsp3) is 0.350. The normalized spacial score (nSPS) is 12.5. The standard InChI is InChI=1S/C20H26N2O3S2/c1-6-18(20(23)21-17-9-7-8-10-19(17)26-4)22(27(5,24)25)16-12-14(2)11-15(3)13-16/h7-13,18H,6H2,1-5H3,(H,21,23). The van der Waals surface area contributed by atoms with Crippen molar-refractivity contribution in [2.24, 2.45) is 0 Å². The number of amides is 1. The maximum Gasteiger partial charge on any atom is 0.248 e. The summed E-state index contributed by atoms with van der Waals surface area (Å²) in [6.07, 6.45) is 3.42. The van der Waals surface area contributed by atoms with Crippen LogP contribution in [0.2, 0.25) is 0 Å². The molecule has 1 atom stereocenters. The van der Waals surface area contributed by atoms with Crippen molar-refractivity contribution in [3.63, 3.8) is 0 Å². The van der Waals surface area contributed by atoms with E-state index < -0.39 is 16.1 Å². The van der Waals surface area contributed by atoms with Gasteiger partial charge in [-0.2, -0.15) is 0 Å². The number of anilines is 2. The van der Waals surface area contributed by atoms with Crippen molar-refractivity contribution >= 4 is 39.1 Å². The van der Waals surface area contributed by atoms with E-state index in [2.05, 4.69) is 5.32 Å². The molecule has 0 aromatic heterocycles. The SMILES string of the molecule is CCC(C(=O)Nc1ccccc1SC)N(c1cc(C)cc(C)c1)S(C)(=O)=O. The van der Waals surface area contributed by atoms with Gasteiger partial charge in [-0.3, -0.25) is 9.10 Å². The van der Waals surface area contributed by atoms with Gasteiger partial charge in [-0.1, -0.05) is 25.1 Å². The molecule has 5 nitrogen and oxygen atoms in total. The van der Waals surface area contributed by atoms with E-state index in [0.717, 1.165) is 22.3 Å². The highest BCUT2D eigenvalue weighted by molar-refractivity contribution is 7.98. The van der Waals surface area contributed by atoms with Gasteiger partial charge < -0.3 is 5.32 Å². The van der Waals surface area contributed by atoms with Gasteiger partial charge in [0.05, 0.1) is 17.6 Å². The number of aryl methyl sites for hydroxylation is 2. The fourth-order valence-corrected chi connectivity index (χ4v) is 4.85. The monoisotopic (exact) mass is 406 g/mol. The largest absolute Gasteiger partial charge is 0.323 e. The predicted octanol–water partition coefficient (Wildman–Crippen LogP) is 4.21. The van der Waals surface area contributed by atoms with E-state index in [9.17, 15) is 13.2 Å². The highest BCUT2D eigenvalue weighted by Crippen LogP contribution is 2.28. The first kappa shape index (κ1) is 21.3. The third-order valence-corrected chi connectivity index (χ3v) is 6.13. The molecular formula is C20H26N2O3S2. The van der Waals surface area contributed by atoms with Gasteiger partial charge in [-0.15, -0.1) is 11.8 Å². The smallest absolute Gasteiger partial charge is 0.248 e. The van der Waals surface area contributed by atoms with Crippen molar-refractivity contribution in [3.05, 3.63) is 53.6 Å². The van der Waals surface area contributed by atoms with Crippen molar-refractivity contribution in [2.75, 3.05) is 22.1 Å². The van der Waals surface area contributed by atoms with E-state index in [1.165, 1.54) is 16.1 Å². The van der Waals surface area contributed by atoms with Gasteiger partial charge in [-0.05, 0) is 61.9 Å². The molecule has 0 bridgehead atoms. The third kappa shape index (κ3) is 5.26. The molecule has 146 valence electrons. The molecule has 7 heteroatoms. The quantitative estimate of drug-likeness (QED) is 0.700. The number of thioether (sulfide) groups is 1. The molecule has 0 saturated heterocycles. The molecule has 0 heterocycles. The van der Waals surface area contributed by atoms with E-state index >= 15 is 0 Å². The topological polar surface area (TPSA) is 66.5 Å². The lowest BCUT2D eigenvalue weighted by Crippen LogP contribution is -2.47. The second kappa shape index (κ2) is 8.80. The molecule has 2 aromatic rings. The van der Waals surface area contributed by atoms with Crippen molar-refractivity contribution in [3.8, 4) is 0 Å². The molecule has 2 aromatic carbocycles. The first-order valence-electron chi connectivity index (χ1n) is 8.69. The van der Waals surface area contributed by atoms with Crippen LogP contribution < -0.4 is 9.62 Å². The summed E-state index contributed by atoms with van der Waals surface area (Å²) in [7, 11) is -3.65. The number of para-hydroxylation sites is 1. The maximum atomic E-state index is 13.0. The average molecular weight is 407 g/mol. The van der Waals surface area contributed by atoms with Gasteiger partial charge in [0.25, 0.3) is 0 Å². The molecule has 27 heavy (non-hydrogen) atoms. The summed E-state index contributed by atoms with van der Waals surface area (Å²) in [6.45, 7) is 5.63. The van der Waals surface area contributed by atoms with Crippen molar-refractivity contribution < 1.29 is 13.2 Å². The number of carbonyl (C=O) groups excluding carboxylic acids is 1. The second-order valence-corrected chi connectivity index (χ2v) is 9.23. The van der Waals surface area contributed by atoms with E-state index in [0.29, 0.717) is 17.8 Å². The number of nitrogens with zero attached hydrogens (tertiary/aromatic N) is 1. The number of carbonyl (C=O) groups is 1. The number of sulfonamides is 1. The summed E-state index contributed by atoms with van der Waals surface area (Å²) in [6, 6.07) is 12.2. The van der Waals surface area contributed by atoms with Crippen molar-refractivity contribution in [1.82, 2.24) is 0 Å². The molecule has 0 aliphatic carbocycles. The van der Waals surface area contributed by atoms with Crippen LogP contribution in [0, 0.1) is 13.8 Å². The molecule has 1 N–H and O–H groups in total. The Hall–Kier alpha value is -1.99. The van der Waals surface area contributed by atoms with Gasteiger partial charge in [0.1, 0.15) is 6.04 Å². The van der Waals surface area contributed by atoms with Crippen molar-refractivity contribution in [1.29, 1.82) is 0 Å². The molecular weight excluding hydrogens is 380 g/mol. The molecule has 2 rings (SSSR count). The van der Waals surface area contributed by atoms with Crippen LogP contribution in [0.1, 0.15) is 24.5 Å². The van der Waals surface area contributed by atoms with Crippen LogP contribution in [-0.2, 0) is 14.8 Å². The first-order chi connectivity index (χ1) is 12.7. The molecule has 0 saturated carbocycles. The Bertz CT molecular complexity index is 906. The van der Waals surface area contributed by atoms with Gasteiger partial charge in [0, 0.05) is 4.90 Å². The molecule has 0 radical (unpaired) electrons. The number of rotatable bonds is 7. The van der Waals surface area contributed by atoms with Crippen LogP contribution in [0.25, 0.3) is 0 Å². The lowest BCUT2D eigenvalue weighted by atomic mass is 10.1. The Balaban J connectivity index is 2.44. The van der Waals surface area contributed by atoms with E-state index in [1.54, 1.807) is 12.1 Å². The maximum absolute atomic E-state index is 13.0. The summed E-state index contributed by atoms with van der Waals surface area (Å²) in [5.41, 5.74) is 3.08. The Kier molecular flexibility index (Phi) is 6.95. The minimum atomic E-state index is -3.65. The zero-order chi connectivity index (χ0) is 20.2. The second-order valence-electron chi connectivity index (χ2n) is 6.52. The summed E-state index contributed by atoms with van der Waals surface area (Å²) in [5.74, 6) is -0.344. The summed E-state index contributed by atoms with van der Waals surface area (Å²) < 4.78 is 26.4. The zero-order valence-corrected chi connectivity index (χ0v) is 17.9. The minimum Gasteiger partial charge on any atom is -0.323 e. The molecule has 0 aliphatic rings. The lowest BCUT2D eigenvalue weighted by Gasteiger charge is -2.30. The van der Waals surface area contributed by atoms with Crippen molar-refractivity contribution in [2.45, 2.75) is 38.1 Å². The Morgan fingerprint density at radius 1 is 1.15 bits per heavy atom. The molecule has 0 aliphatic heterocycles. The summed E-state index contributed by atoms with van der Waals surface area (Å²) >= 11 is 1.52.